The maximum Gasteiger partial charge on any atom is 0.339 e. The second-order valence-electron chi connectivity index (χ2n) is 4.02. The normalized spacial score (nSPS) is 13.2. The largest absolute Gasteiger partial charge is 0.464 e. The smallest absolute Gasteiger partial charge is 0.339 e. The second-order valence-corrected chi connectivity index (χ2v) is 4.02. The number of aromatic nitrogens is 1. The molecule has 1 aromatic heterocycles. The number of urea groups is 1. The summed E-state index contributed by atoms with van der Waals surface area (Å²) >= 11 is 0. The highest BCUT2D eigenvalue weighted by atomic mass is 16.5. The lowest BCUT2D eigenvalue weighted by Crippen LogP contribution is -2.48. The van der Waals surface area contributed by atoms with Gasteiger partial charge in [-0.15, -0.1) is 0 Å². The number of amides is 2. The summed E-state index contributed by atoms with van der Waals surface area (Å²) in [6.45, 7) is 2.81. The molecule has 0 fully saturated rings. The van der Waals surface area contributed by atoms with Gasteiger partial charge in [-0.05, 0) is 26.0 Å². The fourth-order valence-electron chi connectivity index (χ4n) is 1.21. The molecule has 1 rings (SSSR count). The van der Waals surface area contributed by atoms with Crippen LogP contribution in [0.15, 0.2) is 24.4 Å². The van der Waals surface area contributed by atoms with E-state index in [4.69, 9.17) is 0 Å². The molecule has 0 unspecified atom stereocenters. The molecule has 0 aliphatic rings. The van der Waals surface area contributed by atoms with E-state index in [1.54, 1.807) is 25.1 Å². The first kappa shape index (κ1) is 14.9. The number of nitrogens with zero attached hydrogens (tertiary/aromatic N) is 1. The van der Waals surface area contributed by atoms with Crippen molar-refractivity contribution in [1.82, 2.24) is 10.3 Å². The van der Waals surface area contributed by atoms with Gasteiger partial charge in [-0.1, -0.05) is 6.07 Å². The zero-order valence-corrected chi connectivity index (χ0v) is 10.8. The van der Waals surface area contributed by atoms with Crippen molar-refractivity contribution in [3.63, 3.8) is 0 Å². The third-order valence-corrected chi connectivity index (χ3v) is 2.21. The Hall–Kier alpha value is -2.15. The Balaban J connectivity index is 2.44. The summed E-state index contributed by atoms with van der Waals surface area (Å²) in [7, 11) is 0. The van der Waals surface area contributed by atoms with Crippen LogP contribution < -0.4 is 10.6 Å². The Labute approximate surface area is 111 Å². The number of ether oxygens (including phenoxy) is 1. The number of carbonyl (C=O) groups is 2. The van der Waals surface area contributed by atoms with Crippen LogP contribution in [0.1, 0.15) is 13.8 Å². The van der Waals surface area contributed by atoms with Gasteiger partial charge in [0.15, 0.2) is 5.60 Å². The van der Waals surface area contributed by atoms with Crippen LogP contribution in [0.3, 0.4) is 0 Å². The number of anilines is 1. The van der Waals surface area contributed by atoms with Crippen molar-refractivity contribution < 1.29 is 19.4 Å². The predicted molar refractivity (Wildman–Crippen MR) is 68.5 cm³/mol. The van der Waals surface area contributed by atoms with Gasteiger partial charge in [0, 0.05) is 6.20 Å². The van der Waals surface area contributed by atoms with Crippen LogP contribution >= 0.6 is 0 Å². The quantitative estimate of drug-likeness (QED) is 0.675. The molecule has 0 aliphatic heterocycles. The maximum absolute atomic E-state index is 11.5. The molecule has 0 aromatic carbocycles. The van der Waals surface area contributed by atoms with E-state index >= 15 is 0 Å². The average molecular weight is 267 g/mol. The molecule has 104 valence electrons. The summed E-state index contributed by atoms with van der Waals surface area (Å²) in [6, 6.07) is 4.48. The molecule has 1 atom stereocenters. The minimum absolute atomic E-state index is 0.162. The first-order valence-corrected chi connectivity index (χ1v) is 5.81. The number of aliphatic hydroxyl groups is 1. The molecule has 2 amide bonds. The van der Waals surface area contributed by atoms with Crippen molar-refractivity contribution >= 4 is 17.8 Å². The SMILES string of the molecule is CCOC(=O)[C@@](C)(O)CNC(=O)Nc1ccccn1. The van der Waals surface area contributed by atoms with E-state index < -0.39 is 17.6 Å². The predicted octanol–water partition coefficient (Wildman–Crippen LogP) is 0.517. The minimum Gasteiger partial charge on any atom is -0.464 e. The third-order valence-electron chi connectivity index (χ3n) is 2.21. The first-order chi connectivity index (χ1) is 8.95. The Morgan fingerprint density at radius 2 is 2.21 bits per heavy atom. The summed E-state index contributed by atoms with van der Waals surface area (Å²) in [5, 5.41) is 14.6. The third kappa shape index (κ3) is 4.92. The standard InChI is InChI=1S/C12H17N3O4/c1-3-19-10(16)12(2,18)8-14-11(17)15-9-6-4-5-7-13-9/h4-7,18H,3,8H2,1-2H3,(H2,13,14,15,17)/t12-/m0/s1. The number of pyridine rings is 1. The highest BCUT2D eigenvalue weighted by Gasteiger charge is 2.32. The van der Waals surface area contributed by atoms with Gasteiger partial charge < -0.3 is 15.2 Å². The van der Waals surface area contributed by atoms with Gasteiger partial charge in [-0.25, -0.2) is 14.6 Å². The van der Waals surface area contributed by atoms with Crippen LogP contribution in [0, 0.1) is 0 Å². The van der Waals surface area contributed by atoms with Crippen molar-refractivity contribution in [2.24, 2.45) is 0 Å². The fraction of sp³-hybridized carbons (Fsp3) is 0.417. The van der Waals surface area contributed by atoms with Crippen LogP contribution in [0.2, 0.25) is 0 Å². The topological polar surface area (TPSA) is 101 Å². The van der Waals surface area contributed by atoms with Crippen LogP contribution in [-0.4, -0.2) is 40.8 Å². The van der Waals surface area contributed by atoms with Crippen molar-refractivity contribution in [3.05, 3.63) is 24.4 Å². The lowest BCUT2D eigenvalue weighted by Gasteiger charge is -2.21. The van der Waals surface area contributed by atoms with Crippen LogP contribution in [-0.2, 0) is 9.53 Å². The second kappa shape index (κ2) is 6.69. The van der Waals surface area contributed by atoms with Crippen molar-refractivity contribution in [2.45, 2.75) is 19.4 Å². The van der Waals surface area contributed by atoms with Gasteiger partial charge >= 0.3 is 12.0 Å². The minimum atomic E-state index is -1.77. The van der Waals surface area contributed by atoms with E-state index in [1.165, 1.54) is 13.1 Å². The first-order valence-electron chi connectivity index (χ1n) is 5.81. The molecule has 3 N–H and O–H groups in total. The van der Waals surface area contributed by atoms with E-state index in [-0.39, 0.29) is 13.2 Å². The van der Waals surface area contributed by atoms with Gasteiger partial charge in [-0.2, -0.15) is 0 Å². The Bertz CT molecular complexity index is 434. The molecule has 7 nitrogen and oxygen atoms in total. The zero-order chi connectivity index (χ0) is 14.3. The number of hydrogen-bond donors (Lipinski definition) is 3. The molecular weight excluding hydrogens is 250 g/mol. The van der Waals surface area contributed by atoms with E-state index in [0.717, 1.165) is 0 Å². The van der Waals surface area contributed by atoms with E-state index in [9.17, 15) is 14.7 Å². The Morgan fingerprint density at radius 1 is 1.47 bits per heavy atom. The molecule has 0 radical (unpaired) electrons. The van der Waals surface area contributed by atoms with Gasteiger partial charge in [0.2, 0.25) is 0 Å². The Morgan fingerprint density at radius 3 is 2.79 bits per heavy atom. The summed E-state index contributed by atoms with van der Waals surface area (Å²) in [4.78, 5) is 26.8. The average Bonchev–Trinajstić information content (AvgIpc) is 2.38. The Kier molecular flexibility index (Phi) is 5.25. The van der Waals surface area contributed by atoms with E-state index in [0.29, 0.717) is 5.82 Å². The van der Waals surface area contributed by atoms with Gasteiger partial charge in [0.05, 0.1) is 13.2 Å². The molecule has 7 heteroatoms. The number of hydrogen-bond acceptors (Lipinski definition) is 5. The molecule has 0 spiro atoms. The lowest BCUT2D eigenvalue weighted by molar-refractivity contribution is -0.162. The van der Waals surface area contributed by atoms with Gasteiger partial charge in [-0.3, -0.25) is 5.32 Å². The van der Waals surface area contributed by atoms with Gasteiger partial charge in [0.1, 0.15) is 5.82 Å². The van der Waals surface area contributed by atoms with E-state index in [2.05, 4.69) is 20.4 Å². The highest BCUT2D eigenvalue weighted by molar-refractivity contribution is 5.89. The van der Waals surface area contributed by atoms with Crippen molar-refractivity contribution in [3.8, 4) is 0 Å². The molecule has 1 aromatic rings. The fourth-order valence-corrected chi connectivity index (χ4v) is 1.21. The molecule has 1 heterocycles. The molecule has 0 aliphatic carbocycles. The number of esters is 1. The van der Waals surface area contributed by atoms with Crippen LogP contribution in [0.5, 0.6) is 0 Å². The highest BCUT2D eigenvalue weighted by Crippen LogP contribution is 2.05. The number of nitrogens with one attached hydrogen (secondary N) is 2. The molecule has 0 saturated carbocycles. The summed E-state index contributed by atoms with van der Waals surface area (Å²) < 4.78 is 4.68. The number of carbonyl (C=O) groups excluding carboxylic acids is 2. The maximum atomic E-state index is 11.5. The van der Waals surface area contributed by atoms with Crippen LogP contribution in [0.4, 0.5) is 10.6 Å². The number of rotatable bonds is 5. The van der Waals surface area contributed by atoms with Gasteiger partial charge in [0.25, 0.3) is 0 Å². The van der Waals surface area contributed by atoms with Crippen LogP contribution in [0.25, 0.3) is 0 Å². The van der Waals surface area contributed by atoms with Crippen molar-refractivity contribution in [2.75, 3.05) is 18.5 Å². The lowest BCUT2D eigenvalue weighted by atomic mass is 10.1. The summed E-state index contributed by atoms with van der Waals surface area (Å²) in [6.07, 6.45) is 1.53. The molecular formula is C12H17N3O4. The molecule has 19 heavy (non-hydrogen) atoms. The monoisotopic (exact) mass is 267 g/mol. The van der Waals surface area contributed by atoms with E-state index in [1.807, 2.05) is 0 Å². The molecule has 0 bridgehead atoms. The summed E-state index contributed by atoms with van der Waals surface area (Å²) in [5.41, 5.74) is -1.77. The van der Waals surface area contributed by atoms with Crippen molar-refractivity contribution in [1.29, 1.82) is 0 Å². The summed E-state index contributed by atoms with van der Waals surface area (Å²) in [5.74, 6) is -0.413. The molecule has 0 saturated heterocycles. The zero-order valence-electron chi connectivity index (χ0n) is 10.8.